The molecule has 1 aromatic rings. The second-order valence-corrected chi connectivity index (χ2v) is 3.83. The Kier molecular flexibility index (Phi) is 5.11. The summed E-state index contributed by atoms with van der Waals surface area (Å²) in [5.74, 6) is -0.771. The van der Waals surface area contributed by atoms with Crippen LogP contribution in [-0.4, -0.2) is 29.2 Å². The molecule has 0 heterocycles. The lowest BCUT2D eigenvalue weighted by molar-refractivity contribution is -0.385. The first-order valence-electron chi connectivity index (χ1n) is 5.71. The number of carbonyl (C=O) groups is 1. The Morgan fingerprint density at radius 1 is 1.47 bits per heavy atom. The van der Waals surface area contributed by atoms with Crippen LogP contribution >= 0.6 is 0 Å². The van der Waals surface area contributed by atoms with Gasteiger partial charge in [-0.1, -0.05) is 13.3 Å². The number of nitro benzene ring substituents is 1. The lowest BCUT2D eigenvalue weighted by atomic mass is 10.2. The molecule has 7 nitrogen and oxygen atoms in total. The Hall–Kier alpha value is -2.31. The van der Waals surface area contributed by atoms with E-state index in [1.54, 1.807) is 0 Å². The van der Waals surface area contributed by atoms with Crippen LogP contribution in [-0.2, 0) is 4.79 Å². The van der Waals surface area contributed by atoms with Crippen LogP contribution in [0.5, 0.6) is 11.5 Å². The van der Waals surface area contributed by atoms with Crippen LogP contribution in [0.2, 0.25) is 0 Å². The largest absolute Gasteiger partial charge is 0.493 e. The number of methoxy groups -OCH3 is 1. The van der Waals surface area contributed by atoms with Crippen LogP contribution in [0.15, 0.2) is 18.2 Å². The van der Waals surface area contributed by atoms with E-state index in [-0.39, 0.29) is 17.2 Å². The highest BCUT2D eigenvalue weighted by Crippen LogP contribution is 2.32. The molecule has 0 fully saturated rings. The van der Waals surface area contributed by atoms with Crippen LogP contribution in [0.4, 0.5) is 5.69 Å². The summed E-state index contributed by atoms with van der Waals surface area (Å²) in [6.07, 6.45) is -0.0118. The first-order valence-corrected chi connectivity index (χ1v) is 5.71. The number of benzene rings is 1. The molecular formula is C12H15NO6. The summed E-state index contributed by atoms with van der Waals surface area (Å²) in [4.78, 5) is 21.1. The van der Waals surface area contributed by atoms with E-state index in [1.165, 1.54) is 25.3 Å². The van der Waals surface area contributed by atoms with Gasteiger partial charge in [0.2, 0.25) is 0 Å². The molecule has 0 aliphatic heterocycles. The Labute approximate surface area is 109 Å². The van der Waals surface area contributed by atoms with Crippen LogP contribution in [0.3, 0.4) is 0 Å². The molecule has 0 aliphatic rings. The average molecular weight is 269 g/mol. The van der Waals surface area contributed by atoms with E-state index in [0.29, 0.717) is 12.8 Å². The summed E-state index contributed by atoms with van der Waals surface area (Å²) in [6, 6.07) is 3.77. The van der Waals surface area contributed by atoms with E-state index >= 15 is 0 Å². The summed E-state index contributed by atoms with van der Waals surface area (Å²) >= 11 is 0. The molecule has 7 heteroatoms. The minimum Gasteiger partial charge on any atom is -0.493 e. The van der Waals surface area contributed by atoms with Gasteiger partial charge in [-0.2, -0.15) is 0 Å². The Balaban J connectivity index is 2.99. The second kappa shape index (κ2) is 6.58. The van der Waals surface area contributed by atoms with E-state index in [4.69, 9.17) is 14.6 Å². The van der Waals surface area contributed by atoms with E-state index in [2.05, 4.69) is 0 Å². The Bertz CT molecular complexity index is 473. The van der Waals surface area contributed by atoms with Gasteiger partial charge in [0.15, 0.2) is 17.6 Å². The molecule has 1 unspecified atom stereocenters. The van der Waals surface area contributed by atoms with Gasteiger partial charge in [0.05, 0.1) is 18.1 Å². The molecule has 1 atom stereocenters. The minimum atomic E-state index is -1.08. The normalized spacial score (nSPS) is 11.7. The van der Waals surface area contributed by atoms with Gasteiger partial charge < -0.3 is 14.6 Å². The molecule has 0 spiro atoms. The van der Waals surface area contributed by atoms with E-state index in [9.17, 15) is 14.9 Å². The van der Waals surface area contributed by atoms with Crippen molar-refractivity contribution in [3.8, 4) is 11.5 Å². The third-order valence-electron chi connectivity index (χ3n) is 2.45. The number of rotatable bonds is 7. The highest BCUT2D eigenvalue weighted by atomic mass is 16.6. The lowest BCUT2D eigenvalue weighted by Gasteiger charge is -2.16. The molecule has 0 saturated carbocycles. The number of aliphatic carboxylic acids is 1. The van der Waals surface area contributed by atoms with Gasteiger partial charge >= 0.3 is 5.97 Å². The van der Waals surface area contributed by atoms with Crippen LogP contribution < -0.4 is 9.47 Å². The van der Waals surface area contributed by atoms with Gasteiger partial charge in [0.25, 0.3) is 5.69 Å². The number of hydrogen-bond acceptors (Lipinski definition) is 5. The standard InChI is InChI=1S/C12H15NO6/c1-3-4-10(12(14)15)19-9-6-5-8(13(16)17)7-11(9)18-2/h5-7,10H,3-4H2,1-2H3,(H,14,15). The SMILES string of the molecule is CCCC(Oc1ccc([N+](=O)[O-])cc1OC)C(=O)O. The molecule has 1 rings (SSSR count). The summed E-state index contributed by atoms with van der Waals surface area (Å²) in [5, 5.41) is 19.6. The lowest BCUT2D eigenvalue weighted by Crippen LogP contribution is -2.26. The van der Waals surface area contributed by atoms with Crippen LogP contribution in [0.1, 0.15) is 19.8 Å². The number of ether oxygens (including phenoxy) is 2. The van der Waals surface area contributed by atoms with Gasteiger partial charge in [-0.05, 0) is 12.5 Å². The zero-order valence-corrected chi connectivity index (χ0v) is 10.7. The van der Waals surface area contributed by atoms with Gasteiger partial charge in [-0.15, -0.1) is 0 Å². The maximum Gasteiger partial charge on any atom is 0.344 e. The summed E-state index contributed by atoms with van der Waals surface area (Å²) in [5.41, 5.74) is -0.147. The first-order chi connectivity index (χ1) is 8.99. The summed E-state index contributed by atoms with van der Waals surface area (Å²) in [6.45, 7) is 1.84. The molecule has 0 saturated heterocycles. The second-order valence-electron chi connectivity index (χ2n) is 3.83. The predicted molar refractivity (Wildman–Crippen MR) is 66.6 cm³/mol. The van der Waals surface area contributed by atoms with E-state index < -0.39 is 17.0 Å². The zero-order chi connectivity index (χ0) is 14.4. The summed E-state index contributed by atoms with van der Waals surface area (Å²) in [7, 11) is 1.33. The molecule has 0 radical (unpaired) electrons. The van der Waals surface area contributed by atoms with E-state index in [0.717, 1.165) is 0 Å². The van der Waals surface area contributed by atoms with Crippen molar-refractivity contribution in [3.05, 3.63) is 28.3 Å². The molecular weight excluding hydrogens is 254 g/mol. The summed E-state index contributed by atoms with van der Waals surface area (Å²) < 4.78 is 10.3. The van der Waals surface area contributed by atoms with Crippen molar-refractivity contribution < 1.29 is 24.3 Å². The molecule has 104 valence electrons. The number of nitrogens with zero attached hydrogens (tertiary/aromatic N) is 1. The van der Waals surface area contributed by atoms with Gasteiger partial charge in [-0.25, -0.2) is 4.79 Å². The third kappa shape index (κ3) is 3.84. The van der Waals surface area contributed by atoms with Crippen molar-refractivity contribution in [1.82, 2.24) is 0 Å². The predicted octanol–water partition coefficient (Wildman–Crippen LogP) is 2.24. The van der Waals surface area contributed by atoms with Crippen LogP contribution in [0, 0.1) is 10.1 Å². The average Bonchev–Trinajstić information content (AvgIpc) is 2.38. The fraction of sp³-hybridized carbons (Fsp3) is 0.417. The fourth-order valence-electron chi connectivity index (χ4n) is 1.52. The van der Waals surface area contributed by atoms with Gasteiger partial charge in [-0.3, -0.25) is 10.1 Å². The monoisotopic (exact) mass is 269 g/mol. The van der Waals surface area contributed by atoms with Gasteiger partial charge in [0, 0.05) is 6.07 Å². The maximum absolute atomic E-state index is 11.0. The highest BCUT2D eigenvalue weighted by Gasteiger charge is 2.21. The smallest absolute Gasteiger partial charge is 0.344 e. The zero-order valence-electron chi connectivity index (χ0n) is 10.7. The number of nitro groups is 1. The molecule has 0 aliphatic carbocycles. The minimum absolute atomic E-state index is 0.136. The number of hydrogen-bond donors (Lipinski definition) is 1. The Morgan fingerprint density at radius 2 is 2.16 bits per heavy atom. The molecule has 0 amide bonds. The molecule has 1 aromatic carbocycles. The third-order valence-corrected chi connectivity index (χ3v) is 2.45. The number of carboxylic acid groups (broad SMARTS) is 1. The molecule has 0 aromatic heterocycles. The molecule has 19 heavy (non-hydrogen) atoms. The quantitative estimate of drug-likeness (QED) is 0.602. The van der Waals surface area contributed by atoms with Crippen LogP contribution in [0.25, 0.3) is 0 Å². The van der Waals surface area contributed by atoms with Crippen molar-refractivity contribution in [2.24, 2.45) is 0 Å². The number of carboxylic acids is 1. The maximum atomic E-state index is 11.0. The van der Waals surface area contributed by atoms with Crippen molar-refractivity contribution in [1.29, 1.82) is 0 Å². The topological polar surface area (TPSA) is 98.9 Å². The molecule has 0 bridgehead atoms. The van der Waals surface area contributed by atoms with Crippen molar-refractivity contribution in [3.63, 3.8) is 0 Å². The highest BCUT2D eigenvalue weighted by molar-refractivity contribution is 5.73. The molecule has 1 N–H and O–H groups in total. The fourth-order valence-corrected chi connectivity index (χ4v) is 1.52. The Morgan fingerprint density at radius 3 is 2.63 bits per heavy atom. The van der Waals surface area contributed by atoms with Gasteiger partial charge in [0.1, 0.15) is 0 Å². The van der Waals surface area contributed by atoms with Crippen molar-refractivity contribution in [2.75, 3.05) is 7.11 Å². The van der Waals surface area contributed by atoms with E-state index in [1.807, 2.05) is 6.92 Å². The number of non-ortho nitro benzene ring substituents is 1. The van der Waals surface area contributed by atoms with Crippen molar-refractivity contribution in [2.45, 2.75) is 25.9 Å². The van der Waals surface area contributed by atoms with Crippen molar-refractivity contribution >= 4 is 11.7 Å². The first kappa shape index (κ1) is 14.7.